The largest absolute Gasteiger partial charge is 0.483 e. The fourth-order valence-corrected chi connectivity index (χ4v) is 4.48. The van der Waals surface area contributed by atoms with E-state index in [1.807, 2.05) is 30.9 Å². The summed E-state index contributed by atoms with van der Waals surface area (Å²) in [5.74, 6) is 0.484. The highest BCUT2D eigenvalue weighted by Gasteiger charge is 2.19. The Kier molecular flexibility index (Phi) is 6.47. The van der Waals surface area contributed by atoms with Crippen LogP contribution in [0.3, 0.4) is 0 Å². The highest BCUT2D eigenvalue weighted by atomic mass is 32.2. The summed E-state index contributed by atoms with van der Waals surface area (Å²) in [6.07, 6.45) is 3.23. The number of rotatable bonds is 6. The zero-order chi connectivity index (χ0) is 21.0. The first-order valence-corrected chi connectivity index (χ1v) is 11.4. The molecule has 3 rings (SSSR count). The number of benzene rings is 2. The second kappa shape index (κ2) is 8.86. The third-order valence-electron chi connectivity index (χ3n) is 5.28. The molecule has 156 valence electrons. The van der Waals surface area contributed by atoms with E-state index in [0.717, 1.165) is 43.5 Å². The van der Waals surface area contributed by atoms with Crippen LogP contribution in [0, 0.1) is 20.8 Å². The molecule has 0 saturated carbocycles. The number of nitrogens with zero attached hydrogens (tertiary/aromatic N) is 1. The van der Waals surface area contributed by atoms with Gasteiger partial charge in [-0.1, -0.05) is 6.07 Å². The minimum absolute atomic E-state index is 0.0304. The Morgan fingerprint density at radius 1 is 0.966 bits per heavy atom. The van der Waals surface area contributed by atoms with Crippen molar-refractivity contribution in [2.45, 2.75) is 44.9 Å². The van der Waals surface area contributed by atoms with Gasteiger partial charge in [0.15, 0.2) is 6.61 Å². The summed E-state index contributed by atoms with van der Waals surface area (Å²) in [7, 11) is -3.71. The average molecular weight is 417 g/mol. The number of anilines is 1. The zero-order valence-corrected chi connectivity index (χ0v) is 18.0. The van der Waals surface area contributed by atoms with Gasteiger partial charge in [0.2, 0.25) is 0 Å². The number of carbonyl (C=O) groups is 1. The molecule has 0 aromatic heterocycles. The van der Waals surface area contributed by atoms with Crippen LogP contribution in [0.4, 0.5) is 5.69 Å². The number of piperidine rings is 1. The van der Waals surface area contributed by atoms with Crippen molar-refractivity contribution in [1.82, 2.24) is 4.90 Å². The molecule has 1 saturated heterocycles. The first kappa shape index (κ1) is 21.2. The summed E-state index contributed by atoms with van der Waals surface area (Å²) in [6, 6.07) is 10.1. The molecule has 0 atom stereocenters. The molecule has 1 aliphatic heterocycles. The fraction of sp³-hybridized carbons (Fsp3) is 0.409. The van der Waals surface area contributed by atoms with Crippen LogP contribution in [0.2, 0.25) is 0 Å². The van der Waals surface area contributed by atoms with Gasteiger partial charge < -0.3 is 9.64 Å². The van der Waals surface area contributed by atoms with Gasteiger partial charge in [0, 0.05) is 18.8 Å². The topological polar surface area (TPSA) is 75.7 Å². The van der Waals surface area contributed by atoms with Gasteiger partial charge in [-0.25, -0.2) is 8.42 Å². The van der Waals surface area contributed by atoms with Crippen LogP contribution in [-0.2, 0) is 14.8 Å². The number of hydrogen-bond donors (Lipinski definition) is 1. The highest BCUT2D eigenvalue weighted by Crippen LogP contribution is 2.24. The van der Waals surface area contributed by atoms with E-state index >= 15 is 0 Å². The molecule has 1 aliphatic rings. The zero-order valence-electron chi connectivity index (χ0n) is 17.2. The van der Waals surface area contributed by atoms with Crippen molar-refractivity contribution >= 4 is 21.6 Å². The van der Waals surface area contributed by atoms with Crippen LogP contribution >= 0.6 is 0 Å². The quantitative estimate of drug-likeness (QED) is 0.777. The van der Waals surface area contributed by atoms with Crippen LogP contribution in [0.15, 0.2) is 41.3 Å². The molecule has 1 heterocycles. The molecular formula is C22H28N2O4S. The van der Waals surface area contributed by atoms with Crippen LogP contribution < -0.4 is 9.46 Å². The number of sulfonamides is 1. The lowest BCUT2D eigenvalue weighted by Gasteiger charge is -2.26. The SMILES string of the molecule is Cc1ccc(NS(=O)(=O)c2ccc(OCC(=O)N3CCCCC3)c(C)c2)cc1C. The summed E-state index contributed by atoms with van der Waals surface area (Å²) < 4.78 is 33.7. The maximum atomic E-state index is 12.7. The Labute approximate surface area is 172 Å². The van der Waals surface area contributed by atoms with Crippen molar-refractivity contribution in [3.8, 4) is 5.75 Å². The first-order chi connectivity index (χ1) is 13.8. The lowest BCUT2D eigenvalue weighted by atomic mass is 10.1. The van der Waals surface area contributed by atoms with E-state index in [0.29, 0.717) is 17.0 Å². The molecule has 6 nitrogen and oxygen atoms in total. The number of ether oxygens (including phenoxy) is 1. The number of carbonyl (C=O) groups excluding carboxylic acids is 1. The third-order valence-corrected chi connectivity index (χ3v) is 6.65. The van der Waals surface area contributed by atoms with E-state index in [1.165, 1.54) is 6.07 Å². The number of hydrogen-bond acceptors (Lipinski definition) is 4. The van der Waals surface area contributed by atoms with Gasteiger partial charge in [0.05, 0.1) is 4.90 Å². The number of nitrogens with one attached hydrogen (secondary N) is 1. The third kappa shape index (κ3) is 5.29. The van der Waals surface area contributed by atoms with Crippen LogP contribution in [-0.4, -0.2) is 38.9 Å². The van der Waals surface area contributed by atoms with Crippen molar-refractivity contribution < 1.29 is 17.9 Å². The predicted molar refractivity (Wildman–Crippen MR) is 114 cm³/mol. The molecule has 1 N–H and O–H groups in total. The van der Waals surface area contributed by atoms with Crippen molar-refractivity contribution in [1.29, 1.82) is 0 Å². The van der Waals surface area contributed by atoms with E-state index < -0.39 is 10.0 Å². The number of aryl methyl sites for hydroxylation is 3. The lowest BCUT2D eigenvalue weighted by Crippen LogP contribution is -2.38. The smallest absolute Gasteiger partial charge is 0.261 e. The number of likely N-dealkylation sites (tertiary alicyclic amines) is 1. The van der Waals surface area contributed by atoms with Gasteiger partial charge in [0.1, 0.15) is 5.75 Å². The fourth-order valence-electron chi connectivity index (χ4n) is 3.34. The second-order valence-electron chi connectivity index (χ2n) is 7.56. The predicted octanol–water partition coefficient (Wildman–Crippen LogP) is 3.80. The highest BCUT2D eigenvalue weighted by molar-refractivity contribution is 7.92. The van der Waals surface area contributed by atoms with Crippen LogP contribution in [0.25, 0.3) is 0 Å². The Balaban J connectivity index is 1.67. The molecular weight excluding hydrogens is 388 g/mol. The Hall–Kier alpha value is -2.54. The summed E-state index contributed by atoms with van der Waals surface area (Å²) in [5, 5.41) is 0. The van der Waals surface area contributed by atoms with Crippen molar-refractivity contribution in [2.75, 3.05) is 24.4 Å². The molecule has 2 aromatic rings. The first-order valence-electron chi connectivity index (χ1n) is 9.87. The normalized spacial score (nSPS) is 14.5. The molecule has 7 heteroatoms. The monoisotopic (exact) mass is 416 g/mol. The van der Waals surface area contributed by atoms with Gasteiger partial charge in [-0.2, -0.15) is 0 Å². The molecule has 0 spiro atoms. The van der Waals surface area contributed by atoms with E-state index in [-0.39, 0.29) is 17.4 Å². The lowest BCUT2D eigenvalue weighted by molar-refractivity contribution is -0.134. The molecule has 1 amide bonds. The Morgan fingerprint density at radius 2 is 1.69 bits per heavy atom. The van der Waals surface area contributed by atoms with Crippen molar-refractivity contribution in [2.24, 2.45) is 0 Å². The average Bonchev–Trinajstić information content (AvgIpc) is 2.70. The standard InChI is InChI=1S/C22H28N2O4S/c1-16-7-8-19(13-17(16)2)23-29(26,27)20-9-10-21(18(3)14-20)28-15-22(25)24-11-5-4-6-12-24/h7-10,13-14,23H,4-6,11-12,15H2,1-3H3. The minimum Gasteiger partial charge on any atom is -0.483 e. The Morgan fingerprint density at radius 3 is 2.34 bits per heavy atom. The second-order valence-corrected chi connectivity index (χ2v) is 9.24. The van der Waals surface area contributed by atoms with Crippen LogP contribution in [0.1, 0.15) is 36.0 Å². The maximum absolute atomic E-state index is 12.7. The Bertz CT molecular complexity index is 996. The van der Waals surface area contributed by atoms with Crippen molar-refractivity contribution in [3.05, 3.63) is 53.1 Å². The van der Waals surface area contributed by atoms with Gasteiger partial charge in [-0.05, 0) is 87.1 Å². The van der Waals surface area contributed by atoms with E-state index in [2.05, 4.69) is 4.72 Å². The maximum Gasteiger partial charge on any atom is 0.261 e. The summed E-state index contributed by atoms with van der Waals surface area (Å²) in [6.45, 7) is 7.22. The van der Waals surface area contributed by atoms with E-state index in [1.54, 1.807) is 25.1 Å². The molecule has 1 fully saturated rings. The van der Waals surface area contributed by atoms with Gasteiger partial charge >= 0.3 is 0 Å². The molecule has 0 bridgehead atoms. The summed E-state index contributed by atoms with van der Waals surface area (Å²) >= 11 is 0. The van der Waals surface area contributed by atoms with E-state index in [4.69, 9.17) is 4.74 Å². The van der Waals surface area contributed by atoms with Crippen LogP contribution in [0.5, 0.6) is 5.75 Å². The summed E-state index contributed by atoms with van der Waals surface area (Å²) in [4.78, 5) is 14.2. The molecule has 0 unspecified atom stereocenters. The molecule has 0 radical (unpaired) electrons. The minimum atomic E-state index is -3.71. The summed E-state index contributed by atoms with van der Waals surface area (Å²) in [5.41, 5.74) is 3.31. The van der Waals surface area contributed by atoms with E-state index in [9.17, 15) is 13.2 Å². The molecule has 2 aromatic carbocycles. The molecule has 0 aliphatic carbocycles. The van der Waals surface area contributed by atoms with Gasteiger partial charge in [-0.3, -0.25) is 9.52 Å². The van der Waals surface area contributed by atoms with Gasteiger partial charge in [0.25, 0.3) is 15.9 Å². The van der Waals surface area contributed by atoms with Crippen molar-refractivity contribution in [3.63, 3.8) is 0 Å². The van der Waals surface area contributed by atoms with Gasteiger partial charge in [-0.15, -0.1) is 0 Å². The molecule has 29 heavy (non-hydrogen) atoms. The number of amides is 1.